The summed E-state index contributed by atoms with van der Waals surface area (Å²) in [6, 6.07) is 15.8. The molecule has 0 aliphatic rings. The topological polar surface area (TPSA) is 51.1 Å². The predicted octanol–water partition coefficient (Wildman–Crippen LogP) is 5.85. The Morgan fingerprint density at radius 1 is 1.00 bits per heavy atom. The standard InChI is InChI=1S/C26H29BrN2O2/c1-5-20-15-22(27)16-21(6-2)25(20)28-26(31)24-18(4)29(17(3)14-23(24)30)13-12-19-10-8-7-9-11-19/h7-11,14-16H,5-6,12-13H2,1-4H3,(H,28,31). The van der Waals surface area contributed by atoms with Crippen LogP contribution < -0.4 is 10.7 Å². The summed E-state index contributed by atoms with van der Waals surface area (Å²) >= 11 is 3.55. The molecule has 1 N–H and O–H groups in total. The van der Waals surface area contributed by atoms with Crippen molar-refractivity contribution in [3.8, 4) is 0 Å². The van der Waals surface area contributed by atoms with Gasteiger partial charge in [0.15, 0.2) is 5.43 Å². The Morgan fingerprint density at radius 3 is 2.19 bits per heavy atom. The Hall–Kier alpha value is -2.66. The predicted molar refractivity (Wildman–Crippen MR) is 131 cm³/mol. The molecule has 3 rings (SSSR count). The van der Waals surface area contributed by atoms with Gasteiger partial charge in [-0.1, -0.05) is 60.1 Å². The third-order valence-corrected chi connectivity index (χ3v) is 6.20. The van der Waals surface area contributed by atoms with Gasteiger partial charge < -0.3 is 9.88 Å². The van der Waals surface area contributed by atoms with Crippen molar-refractivity contribution in [2.45, 2.75) is 53.5 Å². The van der Waals surface area contributed by atoms with Crippen LogP contribution in [0, 0.1) is 13.8 Å². The number of carbonyl (C=O) groups excluding carboxylic acids is 1. The molecule has 31 heavy (non-hydrogen) atoms. The first kappa shape index (κ1) is 23.0. The average molecular weight is 481 g/mol. The van der Waals surface area contributed by atoms with Crippen LogP contribution in [0.25, 0.3) is 0 Å². The zero-order valence-corrected chi connectivity index (χ0v) is 20.2. The molecule has 0 aliphatic heterocycles. The number of amides is 1. The third kappa shape index (κ3) is 5.16. The molecule has 5 heteroatoms. The average Bonchev–Trinajstić information content (AvgIpc) is 2.74. The van der Waals surface area contributed by atoms with E-state index in [1.807, 2.05) is 44.2 Å². The van der Waals surface area contributed by atoms with E-state index >= 15 is 0 Å². The minimum Gasteiger partial charge on any atom is -0.348 e. The Kier molecular flexibility index (Phi) is 7.50. The van der Waals surface area contributed by atoms with Gasteiger partial charge in [0.1, 0.15) is 5.56 Å². The van der Waals surface area contributed by atoms with Crippen LogP contribution in [0.5, 0.6) is 0 Å². The second kappa shape index (κ2) is 10.1. The van der Waals surface area contributed by atoms with Gasteiger partial charge in [-0.25, -0.2) is 0 Å². The lowest BCUT2D eigenvalue weighted by Crippen LogP contribution is -2.28. The Labute approximate surface area is 192 Å². The molecule has 1 amide bonds. The summed E-state index contributed by atoms with van der Waals surface area (Å²) in [4.78, 5) is 26.1. The van der Waals surface area contributed by atoms with E-state index in [2.05, 4.69) is 51.8 Å². The van der Waals surface area contributed by atoms with Crippen LogP contribution >= 0.6 is 15.9 Å². The van der Waals surface area contributed by atoms with E-state index in [9.17, 15) is 9.59 Å². The minimum absolute atomic E-state index is 0.214. The van der Waals surface area contributed by atoms with Crippen LogP contribution in [-0.4, -0.2) is 10.5 Å². The van der Waals surface area contributed by atoms with Crippen molar-refractivity contribution in [2.75, 3.05) is 5.32 Å². The van der Waals surface area contributed by atoms with Crippen molar-refractivity contribution in [2.24, 2.45) is 0 Å². The van der Waals surface area contributed by atoms with Gasteiger partial charge in [-0.3, -0.25) is 9.59 Å². The number of hydrogen-bond acceptors (Lipinski definition) is 2. The van der Waals surface area contributed by atoms with Crippen LogP contribution in [0.2, 0.25) is 0 Å². The van der Waals surface area contributed by atoms with Crippen molar-refractivity contribution in [3.63, 3.8) is 0 Å². The fraction of sp³-hybridized carbons (Fsp3) is 0.308. The van der Waals surface area contributed by atoms with Gasteiger partial charge in [0.05, 0.1) is 0 Å². The molecule has 0 saturated carbocycles. The third-order valence-electron chi connectivity index (χ3n) is 5.74. The maximum Gasteiger partial charge on any atom is 0.261 e. The smallest absolute Gasteiger partial charge is 0.261 e. The van der Waals surface area contributed by atoms with Crippen molar-refractivity contribution >= 4 is 27.5 Å². The molecule has 0 atom stereocenters. The van der Waals surface area contributed by atoms with Gasteiger partial charge in [0.2, 0.25) is 0 Å². The van der Waals surface area contributed by atoms with E-state index in [-0.39, 0.29) is 16.9 Å². The summed E-state index contributed by atoms with van der Waals surface area (Å²) < 4.78 is 3.06. The number of halogens is 1. The molecule has 0 unspecified atom stereocenters. The second-order valence-corrected chi connectivity index (χ2v) is 8.67. The highest BCUT2D eigenvalue weighted by atomic mass is 79.9. The highest BCUT2D eigenvalue weighted by molar-refractivity contribution is 9.10. The van der Waals surface area contributed by atoms with Crippen LogP contribution in [0.1, 0.15) is 52.3 Å². The number of nitrogens with one attached hydrogen (secondary N) is 1. The number of pyridine rings is 1. The first-order chi connectivity index (χ1) is 14.8. The maximum atomic E-state index is 13.3. The van der Waals surface area contributed by atoms with E-state index in [4.69, 9.17) is 0 Å². The molecule has 1 aromatic heterocycles. The summed E-state index contributed by atoms with van der Waals surface area (Å²) in [6.07, 6.45) is 2.41. The molecular weight excluding hydrogens is 452 g/mol. The van der Waals surface area contributed by atoms with E-state index < -0.39 is 0 Å². The molecule has 3 aromatic rings. The molecule has 0 radical (unpaired) electrons. The number of anilines is 1. The van der Waals surface area contributed by atoms with Gasteiger partial charge >= 0.3 is 0 Å². The van der Waals surface area contributed by atoms with Gasteiger partial charge in [-0.15, -0.1) is 0 Å². The summed E-state index contributed by atoms with van der Waals surface area (Å²) in [6.45, 7) is 8.60. The molecular formula is C26H29BrN2O2. The fourth-order valence-electron chi connectivity index (χ4n) is 4.04. The second-order valence-electron chi connectivity index (χ2n) is 7.76. The zero-order valence-electron chi connectivity index (χ0n) is 18.6. The first-order valence-corrected chi connectivity index (χ1v) is 11.5. The lowest BCUT2D eigenvalue weighted by molar-refractivity contribution is 0.102. The molecule has 0 aliphatic carbocycles. The molecule has 162 valence electrons. The van der Waals surface area contributed by atoms with E-state index in [0.717, 1.165) is 46.2 Å². The van der Waals surface area contributed by atoms with Crippen molar-refractivity contribution in [3.05, 3.63) is 96.9 Å². The molecule has 0 spiro atoms. The molecule has 0 fully saturated rings. The lowest BCUT2D eigenvalue weighted by atomic mass is 10.0. The Morgan fingerprint density at radius 2 is 1.61 bits per heavy atom. The molecule has 4 nitrogen and oxygen atoms in total. The zero-order chi connectivity index (χ0) is 22.5. The van der Waals surface area contributed by atoms with Crippen LogP contribution in [0.3, 0.4) is 0 Å². The molecule has 0 bridgehead atoms. The molecule has 1 heterocycles. The van der Waals surface area contributed by atoms with E-state index in [1.165, 1.54) is 5.56 Å². The summed E-state index contributed by atoms with van der Waals surface area (Å²) in [5.74, 6) is -0.345. The SMILES string of the molecule is CCc1cc(Br)cc(CC)c1NC(=O)c1c(C)n(CCc2ccccc2)c(C)cc1=O. The summed E-state index contributed by atoms with van der Waals surface area (Å²) in [5.41, 5.74) is 5.67. The number of hydrogen-bond donors (Lipinski definition) is 1. The monoisotopic (exact) mass is 480 g/mol. The first-order valence-electron chi connectivity index (χ1n) is 10.7. The molecule has 0 saturated heterocycles. The summed E-state index contributed by atoms with van der Waals surface area (Å²) in [7, 11) is 0. The lowest BCUT2D eigenvalue weighted by Gasteiger charge is -2.19. The number of rotatable bonds is 7. The number of carbonyl (C=O) groups is 1. The maximum absolute atomic E-state index is 13.3. The largest absolute Gasteiger partial charge is 0.348 e. The normalized spacial score (nSPS) is 10.9. The van der Waals surface area contributed by atoms with Crippen LogP contribution in [0.4, 0.5) is 5.69 Å². The van der Waals surface area contributed by atoms with Gasteiger partial charge in [-0.05, 0) is 61.9 Å². The fourth-order valence-corrected chi connectivity index (χ4v) is 4.60. The number of benzene rings is 2. The van der Waals surface area contributed by atoms with Gasteiger partial charge in [0.25, 0.3) is 5.91 Å². The van der Waals surface area contributed by atoms with E-state index in [1.54, 1.807) is 6.07 Å². The van der Waals surface area contributed by atoms with Crippen molar-refractivity contribution < 1.29 is 4.79 Å². The highest BCUT2D eigenvalue weighted by Crippen LogP contribution is 2.28. The number of nitrogens with zero attached hydrogens (tertiary/aromatic N) is 1. The number of aromatic nitrogens is 1. The molecule has 2 aromatic carbocycles. The quantitative estimate of drug-likeness (QED) is 0.461. The van der Waals surface area contributed by atoms with Crippen LogP contribution in [-0.2, 0) is 25.8 Å². The highest BCUT2D eigenvalue weighted by Gasteiger charge is 2.20. The van der Waals surface area contributed by atoms with Crippen molar-refractivity contribution in [1.82, 2.24) is 4.57 Å². The summed E-state index contributed by atoms with van der Waals surface area (Å²) in [5, 5.41) is 3.05. The van der Waals surface area contributed by atoms with Gasteiger partial charge in [-0.2, -0.15) is 0 Å². The Balaban J connectivity index is 1.96. The Bertz CT molecular complexity index is 1130. The number of aryl methyl sites for hydroxylation is 4. The van der Waals surface area contributed by atoms with E-state index in [0.29, 0.717) is 12.2 Å². The minimum atomic E-state index is -0.345. The van der Waals surface area contributed by atoms with Gasteiger partial charge in [0, 0.05) is 34.2 Å². The van der Waals surface area contributed by atoms with Crippen molar-refractivity contribution in [1.29, 1.82) is 0 Å². The van der Waals surface area contributed by atoms with Crippen LogP contribution in [0.15, 0.2) is 57.8 Å².